The van der Waals surface area contributed by atoms with Crippen molar-refractivity contribution in [3.05, 3.63) is 132 Å². The molecule has 0 N–H and O–H groups in total. The Kier molecular flexibility index (Phi) is 6.00. The number of ether oxygens (including phenoxy) is 1. The van der Waals surface area contributed by atoms with Crippen LogP contribution in [-0.2, 0) is 21.6 Å². The Bertz CT molecular complexity index is 1250. The molecule has 0 radical (unpaired) electrons. The SMILES string of the molecule is CCOC(=O)[C@]1(c2ccccc2)N=C(c2ccccc2)N(Cc2ccccc2)[C@@H]1c1ccco1. The second kappa shape index (κ2) is 9.40. The van der Waals surface area contributed by atoms with Gasteiger partial charge in [0.1, 0.15) is 17.6 Å². The van der Waals surface area contributed by atoms with Crippen LogP contribution in [0.4, 0.5) is 0 Å². The van der Waals surface area contributed by atoms with E-state index < -0.39 is 17.6 Å². The second-order valence-electron chi connectivity index (χ2n) is 8.19. The van der Waals surface area contributed by atoms with Crippen LogP contribution < -0.4 is 0 Å². The highest BCUT2D eigenvalue weighted by Gasteiger charge is 2.58. The number of rotatable bonds is 7. The fraction of sp³-hybridized carbons (Fsp3) is 0.172. The molecule has 0 fully saturated rings. The summed E-state index contributed by atoms with van der Waals surface area (Å²) in [6.07, 6.45) is 1.64. The summed E-state index contributed by atoms with van der Waals surface area (Å²) in [6, 6.07) is 33.0. The van der Waals surface area contributed by atoms with Crippen LogP contribution in [-0.4, -0.2) is 23.3 Å². The van der Waals surface area contributed by atoms with Crippen molar-refractivity contribution in [1.82, 2.24) is 4.90 Å². The molecule has 0 aliphatic carbocycles. The Balaban J connectivity index is 1.77. The van der Waals surface area contributed by atoms with E-state index in [1.807, 2.05) is 97.9 Å². The molecule has 0 saturated carbocycles. The molecule has 0 amide bonds. The van der Waals surface area contributed by atoms with E-state index in [0.29, 0.717) is 12.3 Å². The summed E-state index contributed by atoms with van der Waals surface area (Å²) in [5.41, 5.74) is 1.47. The van der Waals surface area contributed by atoms with Gasteiger partial charge >= 0.3 is 5.97 Å². The van der Waals surface area contributed by atoms with Crippen LogP contribution in [0.5, 0.6) is 0 Å². The Labute approximate surface area is 199 Å². The van der Waals surface area contributed by atoms with Crippen LogP contribution >= 0.6 is 0 Å². The van der Waals surface area contributed by atoms with Gasteiger partial charge in [-0.15, -0.1) is 0 Å². The van der Waals surface area contributed by atoms with Crippen molar-refractivity contribution in [2.24, 2.45) is 4.99 Å². The van der Waals surface area contributed by atoms with Gasteiger partial charge in [0.05, 0.1) is 12.9 Å². The standard InChI is InChI=1S/C29H26N2O3/c1-2-33-28(32)29(24-17-10-5-11-18-24)26(25-19-12-20-34-25)31(21-22-13-6-3-7-14-22)27(30-29)23-15-8-4-9-16-23/h3-20,26H,2,21H2,1H3/t26-,29-/m1/s1. The first-order valence-electron chi connectivity index (χ1n) is 11.5. The summed E-state index contributed by atoms with van der Waals surface area (Å²) in [5.74, 6) is 0.983. The van der Waals surface area contributed by atoms with E-state index in [1.54, 1.807) is 6.26 Å². The van der Waals surface area contributed by atoms with Gasteiger partial charge in [-0.25, -0.2) is 9.79 Å². The number of amidine groups is 1. The van der Waals surface area contributed by atoms with Gasteiger partial charge in [0.2, 0.25) is 5.54 Å². The van der Waals surface area contributed by atoms with Crippen LogP contribution in [0.15, 0.2) is 119 Å². The molecule has 3 aromatic carbocycles. The topological polar surface area (TPSA) is 55.0 Å². The molecule has 170 valence electrons. The summed E-state index contributed by atoms with van der Waals surface area (Å²) < 4.78 is 11.6. The minimum atomic E-state index is -1.32. The molecule has 0 spiro atoms. The van der Waals surface area contributed by atoms with Gasteiger partial charge < -0.3 is 14.1 Å². The molecule has 1 aromatic heterocycles. The van der Waals surface area contributed by atoms with Gasteiger partial charge in [-0.3, -0.25) is 0 Å². The third-order valence-corrected chi connectivity index (χ3v) is 6.10. The first kappa shape index (κ1) is 21.7. The molecule has 5 heteroatoms. The highest BCUT2D eigenvalue weighted by molar-refractivity contribution is 6.04. The van der Waals surface area contributed by atoms with Crippen LogP contribution in [0.2, 0.25) is 0 Å². The lowest BCUT2D eigenvalue weighted by Gasteiger charge is -2.35. The molecule has 4 aromatic rings. The van der Waals surface area contributed by atoms with Gasteiger partial charge in [0, 0.05) is 12.1 Å². The van der Waals surface area contributed by atoms with E-state index in [2.05, 4.69) is 17.0 Å². The van der Waals surface area contributed by atoms with Crippen molar-refractivity contribution in [2.45, 2.75) is 25.0 Å². The van der Waals surface area contributed by atoms with Gasteiger partial charge in [0.15, 0.2) is 0 Å². The molecule has 1 aliphatic rings. The highest BCUT2D eigenvalue weighted by atomic mass is 16.5. The maximum absolute atomic E-state index is 13.9. The fourth-order valence-electron chi connectivity index (χ4n) is 4.64. The highest BCUT2D eigenvalue weighted by Crippen LogP contribution is 2.50. The van der Waals surface area contributed by atoms with E-state index in [-0.39, 0.29) is 6.61 Å². The Morgan fingerprint density at radius 1 is 0.912 bits per heavy atom. The summed E-state index contributed by atoms with van der Waals surface area (Å²) in [6.45, 7) is 2.62. The molecule has 34 heavy (non-hydrogen) atoms. The number of nitrogens with zero attached hydrogens (tertiary/aromatic N) is 2. The maximum Gasteiger partial charge on any atom is 0.341 e. The molecule has 2 atom stereocenters. The largest absolute Gasteiger partial charge is 0.467 e. The Morgan fingerprint density at radius 3 is 2.18 bits per heavy atom. The number of hydrogen-bond acceptors (Lipinski definition) is 5. The molecule has 2 heterocycles. The van der Waals surface area contributed by atoms with Crippen molar-refractivity contribution in [2.75, 3.05) is 6.61 Å². The van der Waals surface area contributed by atoms with E-state index in [4.69, 9.17) is 14.1 Å². The van der Waals surface area contributed by atoms with Crippen LogP contribution in [0, 0.1) is 0 Å². The van der Waals surface area contributed by atoms with Crippen LogP contribution in [0.25, 0.3) is 0 Å². The lowest BCUT2D eigenvalue weighted by Crippen LogP contribution is -2.44. The van der Waals surface area contributed by atoms with Crippen molar-refractivity contribution in [1.29, 1.82) is 0 Å². The Morgan fingerprint density at radius 2 is 1.56 bits per heavy atom. The number of carbonyl (C=O) groups is 1. The fourth-order valence-corrected chi connectivity index (χ4v) is 4.64. The minimum Gasteiger partial charge on any atom is -0.467 e. The lowest BCUT2D eigenvalue weighted by molar-refractivity contribution is -0.152. The number of carbonyl (C=O) groups excluding carboxylic acids is 1. The minimum absolute atomic E-state index is 0.257. The van der Waals surface area contributed by atoms with E-state index in [0.717, 1.165) is 22.5 Å². The average molecular weight is 451 g/mol. The van der Waals surface area contributed by atoms with Gasteiger partial charge in [-0.2, -0.15) is 0 Å². The molecule has 1 aliphatic heterocycles. The molecule has 0 unspecified atom stereocenters. The van der Waals surface area contributed by atoms with E-state index in [1.165, 1.54) is 0 Å². The summed E-state index contributed by atoms with van der Waals surface area (Å²) in [5, 5.41) is 0. The number of benzene rings is 3. The normalized spacial score (nSPS) is 19.6. The van der Waals surface area contributed by atoms with Crippen LogP contribution in [0.1, 0.15) is 35.4 Å². The first-order valence-corrected chi connectivity index (χ1v) is 11.5. The zero-order chi connectivity index (χ0) is 23.4. The predicted octanol–water partition coefficient (Wildman–Crippen LogP) is 5.74. The number of aliphatic imine (C=N–C) groups is 1. The van der Waals surface area contributed by atoms with Crippen molar-refractivity contribution >= 4 is 11.8 Å². The van der Waals surface area contributed by atoms with E-state index >= 15 is 0 Å². The van der Waals surface area contributed by atoms with Crippen molar-refractivity contribution < 1.29 is 13.9 Å². The molecule has 5 rings (SSSR count). The number of esters is 1. The summed E-state index contributed by atoms with van der Waals surface area (Å²) in [7, 11) is 0. The van der Waals surface area contributed by atoms with Crippen molar-refractivity contribution in [3.63, 3.8) is 0 Å². The predicted molar refractivity (Wildman–Crippen MR) is 131 cm³/mol. The smallest absolute Gasteiger partial charge is 0.341 e. The zero-order valence-corrected chi connectivity index (χ0v) is 19.0. The maximum atomic E-state index is 13.9. The monoisotopic (exact) mass is 450 g/mol. The lowest BCUT2D eigenvalue weighted by atomic mass is 9.82. The van der Waals surface area contributed by atoms with E-state index in [9.17, 15) is 4.79 Å². The summed E-state index contributed by atoms with van der Waals surface area (Å²) >= 11 is 0. The van der Waals surface area contributed by atoms with Gasteiger partial charge in [0.25, 0.3) is 0 Å². The van der Waals surface area contributed by atoms with Gasteiger partial charge in [-0.05, 0) is 30.2 Å². The number of furan rings is 1. The Hall–Kier alpha value is -4.12. The summed E-state index contributed by atoms with van der Waals surface area (Å²) in [4.78, 5) is 21.2. The molecule has 5 nitrogen and oxygen atoms in total. The molecular formula is C29H26N2O3. The molecule has 0 bridgehead atoms. The first-order chi connectivity index (χ1) is 16.7. The zero-order valence-electron chi connectivity index (χ0n) is 19.0. The third-order valence-electron chi connectivity index (χ3n) is 6.10. The second-order valence-corrected chi connectivity index (χ2v) is 8.19. The molecule has 0 saturated heterocycles. The van der Waals surface area contributed by atoms with Crippen molar-refractivity contribution in [3.8, 4) is 0 Å². The van der Waals surface area contributed by atoms with Gasteiger partial charge in [-0.1, -0.05) is 91.0 Å². The quantitative estimate of drug-likeness (QED) is 0.337. The molecular weight excluding hydrogens is 424 g/mol. The number of hydrogen-bond donors (Lipinski definition) is 0. The van der Waals surface area contributed by atoms with Crippen LogP contribution in [0.3, 0.4) is 0 Å². The average Bonchev–Trinajstić information content (AvgIpc) is 3.53. The third kappa shape index (κ3) is 3.79.